The van der Waals surface area contributed by atoms with Crippen molar-refractivity contribution in [3.63, 3.8) is 0 Å². The van der Waals surface area contributed by atoms with E-state index in [1.165, 1.54) is 7.11 Å². The molecule has 1 aromatic rings. The summed E-state index contributed by atoms with van der Waals surface area (Å²) in [5.74, 6) is 0.415. The Morgan fingerprint density at radius 3 is 2.56 bits per heavy atom. The minimum Gasteiger partial charge on any atom is -0.484 e. The molecule has 0 spiro atoms. The molecular weight excluding hydrogens is 335 g/mol. The Bertz CT molecular complexity index is 545. The molecule has 1 atom stereocenters. The lowest BCUT2D eigenvalue weighted by molar-refractivity contribution is -0.153. The molecule has 0 unspecified atom stereocenters. The van der Waals surface area contributed by atoms with Crippen molar-refractivity contribution < 1.29 is 27.4 Å². The molecule has 1 aromatic carbocycles. The van der Waals surface area contributed by atoms with Gasteiger partial charge in [0.2, 0.25) is 0 Å². The van der Waals surface area contributed by atoms with Crippen LogP contribution in [-0.2, 0) is 16.1 Å². The molecule has 0 bridgehead atoms. The van der Waals surface area contributed by atoms with E-state index in [0.717, 1.165) is 44.5 Å². The number of benzene rings is 1. The van der Waals surface area contributed by atoms with Gasteiger partial charge in [-0.2, -0.15) is 13.2 Å². The quantitative estimate of drug-likeness (QED) is 0.725. The Balaban J connectivity index is 1.80. The highest BCUT2D eigenvalue weighted by Gasteiger charge is 2.28. The number of carbonyl (C=O) groups excluding carboxylic acids is 1. The summed E-state index contributed by atoms with van der Waals surface area (Å²) in [4.78, 5) is 13.7. The first kappa shape index (κ1) is 19.6. The maximum atomic E-state index is 12.1. The molecule has 2 rings (SSSR count). The minimum atomic E-state index is -4.33. The maximum Gasteiger partial charge on any atom is 0.422 e. The monoisotopic (exact) mass is 359 g/mol. The number of rotatable bonds is 6. The molecule has 1 aliphatic heterocycles. The van der Waals surface area contributed by atoms with Gasteiger partial charge in [0.15, 0.2) is 6.61 Å². The molecule has 1 aliphatic rings. The van der Waals surface area contributed by atoms with E-state index in [0.29, 0.717) is 12.3 Å². The third-order valence-corrected chi connectivity index (χ3v) is 4.36. The van der Waals surface area contributed by atoms with E-state index in [-0.39, 0.29) is 11.7 Å². The van der Waals surface area contributed by atoms with E-state index in [4.69, 9.17) is 9.47 Å². The second-order valence-electron chi connectivity index (χ2n) is 6.40. The molecule has 0 amide bonds. The van der Waals surface area contributed by atoms with Crippen molar-refractivity contribution in [1.29, 1.82) is 0 Å². The Kier molecular flexibility index (Phi) is 7.11. The summed E-state index contributed by atoms with van der Waals surface area (Å²) >= 11 is 0. The molecule has 0 aliphatic carbocycles. The first-order valence-corrected chi connectivity index (χ1v) is 8.43. The smallest absolute Gasteiger partial charge is 0.422 e. The van der Waals surface area contributed by atoms with Crippen LogP contribution in [-0.4, -0.2) is 43.9 Å². The third kappa shape index (κ3) is 7.34. The average molecular weight is 359 g/mol. The zero-order chi connectivity index (χ0) is 18.3. The van der Waals surface area contributed by atoms with Crippen LogP contribution < -0.4 is 4.74 Å². The minimum absolute atomic E-state index is 0.159. The normalized spacial score (nSPS) is 19.3. The summed E-state index contributed by atoms with van der Waals surface area (Å²) in [5.41, 5.74) is 1.03. The molecule has 0 radical (unpaired) electrons. The number of alkyl halides is 3. The second-order valence-corrected chi connectivity index (χ2v) is 6.40. The fourth-order valence-corrected chi connectivity index (χ4v) is 3.02. The summed E-state index contributed by atoms with van der Waals surface area (Å²) in [6.45, 7) is 1.31. The zero-order valence-electron chi connectivity index (χ0n) is 14.3. The van der Waals surface area contributed by atoms with Gasteiger partial charge in [-0.05, 0) is 56.0 Å². The van der Waals surface area contributed by atoms with E-state index < -0.39 is 12.8 Å². The SMILES string of the molecule is COC(=O)C[C@@H]1CCCN(Cc2ccc(OCC(F)(F)F)cc2)CC1. The molecule has 7 heteroatoms. The summed E-state index contributed by atoms with van der Waals surface area (Å²) in [6, 6.07) is 6.73. The lowest BCUT2D eigenvalue weighted by atomic mass is 9.97. The summed E-state index contributed by atoms with van der Waals surface area (Å²) < 4.78 is 45.9. The number of hydrogen-bond acceptors (Lipinski definition) is 4. The van der Waals surface area contributed by atoms with Crippen molar-refractivity contribution in [2.45, 2.75) is 38.4 Å². The Morgan fingerprint density at radius 2 is 1.92 bits per heavy atom. The van der Waals surface area contributed by atoms with Crippen molar-refractivity contribution in [2.75, 3.05) is 26.8 Å². The van der Waals surface area contributed by atoms with Crippen LogP contribution in [0.5, 0.6) is 5.75 Å². The van der Waals surface area contributed by atoms with Crippen molar-refractivity contribution in [3.05, 3.63) is 29.8 Å². The van der Waals surface area contributed by atoms with Crippen molar-refractivity contribution in [3.8, 4) is 5.75 Å². The van der Waals surface area contributed by atoms with Crippen LogP contribution in [0.4, 0.5) is 13.2 Å². The fourth-order valence-electron chi connectivity index (χ4n) is 3.02. The van der Waals surface area contributed by atoms with Crippen molar-refractivity contribution in [1.82, 2.24) is 4.90 Å². The van der Waals surface area contributed by atoms with Gasteiger partial charge in [-0.25, -0.2) is 0 Å². The molecule has 25 heavy (non-hydrogen) atoms. The first-order valence-electron chi connectivity index (χ1n) is 8.43. The predicted molar refractivity (Wildman–Crippen MR) is 87.2 cm³/mol. The molecule has 0 aromatic heterocycles. The summed E-state index contributed by atoms with van der Waals surface area (Å²) in [7, 11) is 1.41. The third-order valence-electron chi connectivity index (χ3n) is 4.36. The molecule has 1 heterocycles. The Labute approximate surface area is 145 Å². The number of carbonyl (C=O) groups is 1. The lowest BCUT2D eigenvalue weighted by Gasteiger charge is -2.20. The van der Waals surface area contributed by atoms with Gasteiger partial charge in [0, 0.05) is 13.0 Å². The maximum absolute atomic E-state index is 12.1. The van der Waals surface area contributed by atoms with Crippen LogP contribution in [0, 0.1) is 5.92 Å². The fraction of sp³-hybridized carbons (Fsp3) is 0.611. The van der Waals surface area contributed by atoms with Gasteiger partial charge in [0.25, 0.3) is 0 Å². The number of likely N-dealkylation sites (tertiary alicyclic amines) is 1. The van der Waals surface area contributed by atoms with Crippen molar-refractivity contribution >= 4 is 5.97 Å². The number of hydrogen-bond donors (Lipinski definition) is 0. The number of esters is 1. The number of nitrogens with zero attached hydrogens (tertiary/aromatic N) is 1. The van der Waals surface area contributed by atoms with Crippen LogP contribution in [0.1, 0.15) is 31.2 Å². The van der Waals surface area contributed by atoms with Crippen LogP contribution in [0.15, 0.2) is 24.3 Å². The zero-order valence-corrected chi connectivity index (χ0v) is 14.3. The Hall–Kier alpha value is -1.76. The second kappa shape index (κ2) is 9.08. The van der Waals surface area contributed by atoms with E-state index in [1.54, 1.807) is 24.3 Å². The van der Waals surface area contributed by atoms with E-state index in [2.05, 4.69) is 4.90 Å². The highest BCUT2D eigenvalue weighted by Crippen LogP contribution is 2.23. The Morgan fingerprint density at radius 1 is 1.20 bits per heavy atom. The average Bonchev–Trinajstić information content (AvgIpc) is 2.79. The summed E-state index contributed by atoms with van der Waals surface area (Å²) in [5, 5.41) is 0. The van der Waals surface area contributed by atoms with Crippen LogP contribution in [0.3, 0.4) is 0 Å². The van der Waals surface area contributed by atoms with E-state index in [9.17, 15) is 18.0 Å². The van der Waals surface area contributed by atoms with E-state index in [1.807, 2.05) is 0 Å². The van der Waals surface area contributed by atoms with Gasteiger partial charge >= 0.3 is 12.1 Å². The highest BCUT2D eigenvalue weighted by atomic mass is 19.4. The van der Waals surface area contributed by atoms with Gasteiger partial charge < -0.3 is 9.47 Å². The molecule has 140 valence electrons. The highest BCUT2D eigenvalue weighted by molar-refractivity contribution is 5.69. The van der Waals surface area contributed by atoms with Gasteiger partial charge in [0.05, 0.1) is 7.11 Å². The molecule has 1 saturated heterocycles. The standard InChI is InChI=1S/C18H24F3NO3/c1-24-17(23)11-14-3-2-9-22(10-8-14)12-15-4-6-16(7-5-15)25-13-18(19,20)21/h4-7,14H,2-3,8-13H2,1H3/t14-/m1/s1. The predicted octanol–water partition coefficient (Wildman–Crippen LogP) is 3.79. The van der Waals surface area contributed by atoms with E-state index >= 15 is 0 Å². The molecular formula is C18H24F3NO3. The number of ether oxygens (including phenoxy) is 2. The largest absolute Gasteiger partial charge is 0.484 e. The molecule has 0 saturated carbocycles. The van der Waals surface area contributed by atoms with Crippen LogP contribution in [0.2, 0.25) is 0 Å². The first-order chi connectivity index (χ1) is 11.9. The number of methoxy groups -OCH3 is 1. The van der Waals surface area contributed by atoms with Gasteiger partial charge in [-0.3, -0.25) is 9.69 Å². The topological polar surface area (TPSA) is 38.8 Å². The van der Waals surface area contributed by atoms with Gasteiger partial charge in [-0.1, -0.05) is 12.1 Å². The van der Waals surface area contributed by atoms with Crippen LogP contribution >= 0.6 is 0 Å². The van der Waals surface area contributed by atoms with Gasteiger partial charge in [0.1, 0.15) is 5.75 Å². The molecule has 1 fully saturated rings. The molecule has 0 N–H and O–H groups in total. The van der Waals surface area contributed by atoms with Gasteiger partial charge in [-0.15, -0.1) is 0 Å². The van der Waals surface area contributed by atoms with Crippen molar-refractivity contribution in [2.24, 2.45) is 5.92 Å². The van der Waals surface area contributed by atoms with Crippen LogP contribution in [0.25, 0.3) is 0 Å². The number of halogens is 3. The lowest BCUT2D eigenvalue weighted by Crippen LogP contribution is -2.24. The summed E-state index contributed by atoms with van der Waals surface area (Å²) in [6.07, 6.45) is -0.882. The molecule has 4 nitrogen and oxygen atoms in total.